The van der Waals surface area contributed by atoms with Crippen molar-refractivity contribution < 1.29 is 13.9 Å². The quantitative estimate of drug-likeness (QED) is 0.893. The third kappa shape index (κ3) is 2.50. The largest absolute Gasteiger partial charge is 0.384 e. The molecule has 0 saturated heterocycles. The van der Waals surface area contributed by atoms with E-state index in [4.69, 9.17) is 0 Å². The SMILES string of the molecule is CC(C)(O)c1csc(-c2ccc(F)cc2F)n1. The number of aromatic nitrogens is 1. The van der Waals surface area contributed by atoms with E-state index in [0.717, 1.165) is 6.07 Å². The molecule has 0 unspecified atom stereocenters. The van der Waals surface area contributed by atoms with E-state index in [1.807, 2.05) is 0 Å². The van der Waals surface area contributed by atoms with Crippen LogP contribution in [-0.2, 0) is 5.60 Å². The van der Waals surface area contributed by atoms with Crippen LogP contribution in [0, 0.1) is 11.6 Å². The highest BCUT2D eigenvalue weighted by Crippen LogP contribution is 2.30. The maximum atomic E-state index is 13.5. The van der Waals surface area contributed by atoms with Gasteiger partial charge in [-0.05, 0) is 26.0 Å². The highest BCUT2D eigenvalue weighted by atomic mass is 32.1. The van der Waals surface area contributed by atoms with Crippen molar-refractivity contribution in [3.05, 3.63) is 40.9 Å². The standard InChI is InChI=1S/C12H11F2NOS/c1-12(2,16)10-6-17-11(15-10)8-4-3-7(13)5-9(8)14/h3-6,16H,1-2H3. The van der Waals surface area contributed by atoms with Crippen molar-refractivity contribution in [3.63, 3.8) is 0 Å². The summed E-state index contributed by atoms with van der Waals surface area (Å²) in [6, 6.07) is 3.35. The summed E-state index contributed by atoms with van der Waals surface area (Å²) in [6.07, 6.45) is 0. The Hall–Kier alpha value is -1.33. The maximum absolute atomic E-state index is 13.5. The van der Waals surface area contributed by atoms with Crippen LogP contribution >= 0.6 is 11.3 Å². The molecule has 0 radical (unpaired) electrons. The summed E-state index contributed by atoms with van der Waals surface area (Å²) >= 11 is 1.22. The third-order valence-corrected chi connectivity index (χ3v) is 3.17. The van der Waals surface area contributed by atoms with Crippen LogP contribution in [0.3, 0.4) is 0 Å². The van der Waals surface area contributed by atoms with Crippen LogP contribution in [0.5, 0.6) is 0 Å². The molecule has 0 aliphatic rings. The Kier molecular flexibility index (Phi) is 2.97. The zero-order valence-electron chi connectivity index (χ0n) is 9.37. The van der Waals surface area contributed by atoms with Gasteiger partial charge in [-0.1, -0.05) is 0 Å². The highest BCUT2D eigenvalue weighted by molar-refractivity contribution is 7.13. The maximum Gasteiger partial charge on any atom is 0.136 e. The second-order valence-electron chi connectivity index (χ2n) is 4.22. The molecule has 1 N–H and O–H groups in total. The predicted octanol–water partition coefficient (Wildman–Crippen LogP) is 3.32. The van der Waals surface area contributed by atoms with Gasteiger partial charge >= 0.3 is 0 Å². The third-order valence-electron chi connectivity index (χ3n) is 2.29. The summed E-state index contributed by atoms with van der Waals surface area (Å²) in [6.45, 7) is 3.21. The minimum Gasteiger partial charge on any atom is -0.384 e. The van der Waals surface area contributed by atoms with Crippen molar-refractivity contribution in [2.45, 2.75) is 19.4 Å². The molecular weight excluding hydrogens is 244 g/mol. The lowest BCUT2D eigenvalue weighted by Gasteiger charge is -2.13. The van der Waals surface area contributed by atoms with Crippen LogP contribution in [0.4, 0.5) is 8.78 Å². The first-order chi connectivity index (χ1) is 7.88. The Labute approximate surface area is 102 Å². The van der Waals surface area contributed by atoms with Gasteiger partial charge in [0.25, 0.3) is 0 Å². The smallest absolute Gasteiger partial charge is 0.136 e. The molecule has 1 heterocycles. The average Bonchev–Trinajstić information content (AvgIpc) is 2.65. The number of nitrogens with zero attached hydrogens (tertiary/aromatic N) is 1. The van der Waals surface area contributed by atoms with Crippen molar-refractivity contribution in [3.8, 4) is 10.6 Å². The lowest BCUT2D eigenvalue weighted by Crippen LogP contribution is -2.15. The van der Waals surface area contributed by atoms with Crippen molar-refractivity contribution in [1.82, 2.24) is 4.98 Å². The first-order valence-corrected chi connectivity index (χ1v) is 5.89. The summed E-state index contributed by atoms with van der Waals surface area (Å²) < 4.78 is 26.3. The fourth-order valence-electron chi connectivity index (χ4n) is 1.34. The van der Waals surface area contributed by atoms with Crippen LogP contribution in [0.25, 0.3) is 10.6 Å². The van der Waals surface area contributed by atoms with Gasteiger partial charge in [-0.15, -0.1) is 11.3 Å². The van der Waals surface area contributed by atoms with Crippen molar-refractivity contribution in [2.24, 2.45) is 0 Å². The van der Waals surface area contributed by atoms with Gasteiger partial charge in [-0.25, -0.2) is 13.8 Å². The molecule has 0 aliphatic heterocycles. The lowest BCUT2D eigenvalue weighted by atomic mass is 10.1. The Morgan fingerprint density at radius 1 is 1.29 bits per heavy atom. The van der Waals surface area contributed by atoms with Gasteiger partial charge in [0, 0.05) is 17.0 Å². The van der Waals surface area contributed by atoms with E-state index in [9.17, 15) is 13.9 Å². The molecule has 2 rings (SSSR count). The molecule has 0 atom stereocenters. The lowest BCUT2D eigenvalue weighted by molar-refractivity contribution is 0.0746. The summed E-state index contributed by atoms with van der Waals surface area (Å²) in [5.41, 5.74) is -0.348. The Bertz CT molecular complexity index is 546. The van der Waals surface area contributed by atoms with E-state index in [-0.39, 0.29) is 5.56 Å². The Morgan fingerprint density at radius 2 is 2.00 bits per heavy atom. The van der Waals surface area contributed by atoms with Crippen molar-refractivity contribution in [1.29, 1.82) is 0 Å². The number of hydrogen-bond acceptors (Lipinski definition) is 3. The van der Waals surface area contributed by atoms with Crippen LogP contribution in [-0.4, -0.2) is 10.1 Å². The number of benzene rings is 1. The molecule has 17 heavy (non-hydrogen) atoms. The number of rotatable bonds is 2. The number of hydrogen-bond donors (Lipinski definition) is 1. The summed E-state index contributed by atoms with van der Waals surface area (Å²) in [5.74, 6) is -1.27. The van der Waals surface area contributed by atoms with Crippen molar-refractivity contribution >= 4 is 11.3 Å². The second kappa shape index (κ2) is 4.16. The molecule has 0 amide bonds. The summed E-state index contributed by atoms with van der Waals surface area (Å²) in [7, 11) is 0. The van der Waals surface area contributed by atoms with E-state index < -0.39 is 17.2 Å². The van der Waals surface area contributed by atoms with Gasteiger partial charge in [0.05, 0.1) is 5.69 Å². The number of aliphatic hydroxyl groups is 1. The molecule has 0 aliphatic carbocycles. The minimum absolute atomic E-state index is 0.243. The summed E-state index contributed by atoms with van der Waals surface area (Å²) in [4.78, 5) is 4.15. The molecule has 2 nitrogen and oxygen atoms in total. The molecule has 0 spiro atoms. The van der Waals surface area contributed by atoms with Crippen molar-refractivity contribution in [2.75, 3.05) is 0 Å². The van der Waals surface area contributed by atoms with E-state index >= 15 is 0 Å². The average molecular weight is 255 g/mol. The molecule has 0 bridgehead atoms. The monoisotopic (exact) mass is 255 g/mol. The normalized spacial score (nSPS) is 11.8. The van der Waals surface area contributed by atoms with Gasteiger partial charge < -0.3 is 5.11 Å². The minimum atomic E-state index is -1.06. The second-order valence-corrected chi connectivity index (χ2v) is 5.08. The molecule has 0 saturated carbocycles. The highest BCUT2D eigenvalue weighted by Gasteiger charge is 2.20. The van der Waals surface area contributed by atoms with E-state index in [1.54, 1.807) is 19.2 Å². The predicted molar refractivity (Wildman–Crippen MR) is 62.7 cm³/mol. The molecule has 90 valence electrons. The first-order valence-electron chi connectivity index (χ1n) is 5.02. The van der Waals surface area contributed by atoms with Gasteiger partial charge in [0.15, 0.2) is 0 Å². The van der Waals surface area contributed by atoms with Crippen LogP contribution in [0.2, 0.25) is 0 Å². The Morgan fingerprint density at radius 3 is 2.53 bits per heavy atom. The number of halogens is 2. The van der Waals surface area contributed by atoms with Crippen LogP contribution in [0.15, 0.2) is 23.6 Å². The van der Waals surface area contributed by atoms with Gasteiger partial charge in [0.2, 0.25) is 0 Å². The van der Waals surface area contributed by atoms with Gasteiger partial charge in [-0.3, -0.25) is 0 Å². The number of thiazole rings is 1. The molecule has 1 aromatic carbocycles. The van der Waals surface area contributed by atoms with Gasteiger partial charge in [0.1, 0.15) is 22.2 Å². The van der Waals surface area contributed by atoms with Crippen LogP contribution in [0.1, 0.15) is 19.5 Å². The Balaban J connectivity index is 2.44. The van der Waals surface area contributed by atoms with E-state index in [1.165, 1.54) is 23.5 Å². The van der Waals surface area contributed by atoms with E-state index in [0.29, 0.717) is 10.7 Å². The fourth-order valence-corrected chi connectivity index (χ4v) is 2.35. The van der Waals surface area contributed by atoms with Gasteiger partial charge in [-0.2, -0.15) is 0 Å². The molecule has 2 aromatic rings. The fraction of sp³-hybridized carbons (Fsp3) is 0.250. The van der Waals surface area contributed by atoms with E-state index in [2.05, 4.69) is 4.98 Å². The molecular formula is C12H11F2NOS. The zero-order chi connectivity index (χ0) is 12.6. The topological polar surface area (TPSA) is 33.1 Å². The first kappa shape index (κ1) is 12.1. The summed E-state index contributed by atoms with van der Waals surface area (Å²) in [5, 5.41) is 11.8. The molecule has 5 heteroatoms. The molecule has 0 fully saturated rings. The van der Waals surface area contributed by atoms with Crippen LogP contribution < -0.4 is 0 Å². The zero-order valence-corrected chi connectivity index (χ0v) is 10.2. The molecule has 1 aromatic heterocycles.